The summed E-state index contributed by atoms with van der Waals surface area (Å²) in [5, 5.41) is 1.16. The van der Waals surface area contributed by atoms with Gasteiger partial charge in [0.2, 0.25) is 0 Å². The molecule has 0 amide bonds. The van der Waals surface area contributed by atoms with E-state index >= 15 is 0 Å². The van der Waals surface area contributed by atoms with E-state index in [-0.39, 0.29) is 0 Å². The lowest BCUT2D eigenvalue weighted by Gasteiger charge is -1.96. The minimum atomic E-state index is 0.561. The van der Waals surface area contributed by atoms with Crippen molar-refractivity contribution in [1.29, 1.82) is 0 Å². The fourth-order valence-electron chi connectivity index (χ4n) is 1.81. The Hall–Kier alpha value is -0.780. The van der Waals surface area contributed by atoms with Gasteiger partial charge < -0.3 is 4.98 Å². The first kappa shape index (κ1) is 12.3. The lowest BCUT2D eigenvalue weighted by molar-refractivity contribution is 1.33. The van der Waals surface area contributed by atoms with Crippen LogP contribution < -0.4 is 0 Å². The SMILES string of the molecule is Clc1cc(Cl)c2nc(-c3cccc(I)c3)[nH]c2c1. The van der Waals surface area contributed by atoms with Crippen LogP contribution in [0.25, 0.3) is 22.4 Å². The minimum absolute atomic E-state index is 0.561. The van der Waals surface area contributed by atoms with Gasteiger partial charge in [-0.25, -0.2) is 4.98 Å². The van der Waals surface area contributed by atoms with Gasteiger partial charge in [-0.1, -0.05) is 35.3 Å². The fourth-order valence-corrected chi connectivity index (χ4v) is 2.89. The number of nitrogens with zero attached hydrogens (tertiary/aromatic N) is 1. The molecule has 0 aliphatic rings. The zero-order valence-electron chi connectivity index (χ0n) is 9.05. The number of hydrogen-bond acceptors (Lipinski definition) is 1. The van der Waals surface area contributed by atoms with Crippen LogP contribution in [0.15, 0.2) is 36.4 Å². The van der Waals surface area contributed by atoms with E-state index in [1.54, 1.807) is 6.07 Å². The highest BCUT2D eigenvalue weighted by molar-refractivity contribution is 14.1. The van der Waals surface area contributed by atoms with Crippen LogP contribution in [-0.2, 0) is 0 Å². The van der Waals surface area contributed by atoms with E-state index in [4.69, 9.17) is 23.2 Å². The number of nitrogens with one attached hydrogen (secondary N) is 1. The summed E-state index contributed by atoms with van der Waals surface area (Å²) in [6.07, 6.45) is 0. The molecule has 1 heterocycles. The average molecular weight is 389 g/mol. The van der Waals surface area contributed by atoms with E-state index in [9.17, 15) is 0 Å². The molecular formula is C13H7Cl2IN2. The third-order valence-corrected chi connectivity index (χ3v) is 3.78. The molecular weight excluding hydrogens is 382 g/mol. The lowest BCUT2D eigenvalue weighted by Crippen LogP contribution is -1.80. The molecule has 1 aromatic heterocycles. The van der Waals surface area contributed by atoms with Crippen LogP contribution >= 0.6 is 45.8 Å². The number of imidazole rings is 1. The molecule has 3 rings (SSSR count). The molecule has 90 valence electrons. The molecule has 0 radical (unpaired) electrons. The van der Waals surface area contributed by atoms with Crippen molar-refractivity contribution in [3.63, 3.8) is 0 Å². The molecule has 0 fully saturated rings. The number of rotatable bonds is 1. The Morgan fingerprint density at radius 1 is 1.11 bits per heavy atom. The van der Waals surface area contributed by atoms with Crippen molar-refractivity contribution >= 4 is 56.8 Å². The molecule has 0 spiro atoms. The molecule has 18 heavy (non-hydrogen) atoms. The van der Waals surface area contributed by atoms with Gasteiger partial charge in [0.15, 0.2) is 0 Å². The van der Waals surface area contributed by atoms with E-state index in [1.165, 1.54) is 0 Å². The maximum atomic E-state index is 6.13. The van der Waals surface area contributed by atoms with Crippen molar-refractivity contribution in [1.82, 2.24) is 9.97 Å². The average Bonchev–Trinajstić information content (AvgIpc) is 2.73. The van der Waals surface area contributed by atoms with Gasteiger partial charge in [-0.3, -0.25) is 0 Å². The highest BCUT2D eigenvalue weighted by Gasteiger charge is 2.09. The molecule has 0 atom stereocenters. The number of fused-ring (bicyclic) bond motifs is 1. The second-order valence-corrected chi connectivity index (χ2v) is 5.97. The van der Waals surface area contributed by atoms with Gasteiger partial charge in [0, 0.05) is 14.2 Å². The highest BCUT2D eigenvalue weighted by Crippen LogP contribution is 2.29. The van der Waals surface area contributed by atoms with Crippen LogP contribution in [0, 0.1) is 3.57 Å². The highest BCUT2D eigenvalue weighted by atomic mass is 127. The van der Waals surface area contributed by atoms with Gasteiger partial charge >= 0.3 is 0 Å². The Bertz CT molecular complexity index is 737. The second-order valence-electron chi connectivity index (χ2n) is 3.88. The minimum Gasteiger partial charge on any atom is -0.338 e. The fraction of sp³-hybridized carbons (Fsp3) is 0. The third-order valence-electron chi connectivity index (χ3n) is 2.60. The third kappa shape index (κ3) is 2.22. The number of hydrogen-bond donors (Lipinski definition) is 1. The predicted molar refractivity (Wildman–Crippen MR) is 84.3 cm³/mol. The van der Waals surface area contributed by atoms with Crippen molar-refractivity contribution in [3.05, 3.63) is 50.0 Å². The van der Waals surface area contributed by atoms with Gasteiger partial charge in [0.1, 0.15) is 11.3 Å². The van der Waals surface area contributed by atoms with Crippen molar-refractivity contribution in [3.8, 4) is 11.4 Å². The summed E-state index contributed by atoms with van der Waals surface area (Å²) in [5.74, 6) is 0.799. The Morgan fingerprint density at radius 2 is 1.94 bits per heavy atom. The molecule has 0 aliphatic heterocycles. The first-order valence-corrected chi connectivity index (χ1v) is 7.07. The summed E-state index contributed by atoms with van der Waals surface area (Å²) in [7, 11) is 0. The molecule has 0 bridgehead atoms. The van der Waals surface area contributed by atoms with E-state index in [2.05, 4.69) is 38.6 Å². The summed E-state index contributed by atoms with van der Waals surface area (Å²) in [5.41, 5.74) is 2.63. The monoisotopic (exact) mass is 388 g/mol. The smallest absolute Gasteiger partial charge is 0.138 e. The first-order chi connectivity index (χ1) is 8.63. The van der Waals surface area contributed by atoms with Crippen molar-refractivity contribution in [2.45, 2.75) is 0 Å². The molecule has 0 aliphatic carbocycles. The van der Waals surface area contributed by atoms with Crippen LogP contribution in [0.2, 0.25) is 10.0 Å². The van der Waals surface area contributed by atoms with Crippen LogP contribution in [-0.4, -0.2) is 9.97 Å². The zero-order valence-corrected chi connectivity index (χ0v) is 12.7. The molecule has 2 aromatic carbocycles. The van der Waals surface area contributed by atoms with Crippen LogP contribution in [0.3, 0.4) is 0 Å². The lowest BCUT2D eigenvalue weighted by atomic mass is 10.2. The molecule has 1 N–H and O–H groups in total. The van der Waals surface area contributed by atoms with Crippen molar-refractivity contribution in [2.24, 2.45) is 0 Å². The number of H-pyrrole nitrogens is 1. The molecule has 0 saturated carbocycles. The van der Waals surface area contributed by atoms with E-state index < -0.39 is 0 Å². The second kappa shape index (κ2) is 4.72. The first-order valence-electron chi connectivity index (χ1n) is 5.24. The Balaban J connectivity index is 2.22. The standard InChI is InChI=1S/C13H7Cl2IN2/c14-8-5-10(15)12-11(6-8)17-13(18-12)7-2-1-3-9(16)4-7/h1-6H,(H,17,18). The summed E-state index contributed by atoms with van der Waals surface area (Å²) >= 11 is 14.4. The van der Waals surface area contributed by atoms with Gasteiger partial charge in [-0.2, -0.15) is 0 Å². The largest absolute Gasteiger partial charge is 0.338 e. The molecule has 5 heteroatoms. The van der Waals surface area contributed by atoms with Crippen LogP contribution in [0.4, 0.5) is 0 Å². The Morgan fingerprint density at radius 3 is 2.72 bits per heavy atom. The van der Waals surface area contributed by atoms with Gasteiger partial charge in [-0.05, 0) is 46.9 Å². The molecule has 0 saturated heterocycles. The number of aromatic nitrogens is 2. The molecule has 3 aromatic rings. The van der Waals surface area contributed by atoms with Crippen molar-refractivity contribution < 1.29 is 0 Å². The maximum absolute atomic E-state index is 6.13. The van der Waals surface area contributed by atoms with Crippen LogP contribution in [0.1, 0.15) is 0 Å². The maximum Gasteiger partial charge on any atom is 0.138 e. The normalized spacial score (nSPS) is 11.1. The number of halogens is 3. The summed E-state index contributed by atoms with van der Waals surface area (Å²) < 4.78 is 1.16. The summed E-state index contributed by atoms with van der Waals surface area (Å²) in [4.78, 5) is 7.75. The van der Waals surface area contributed by atoms with E-state index in [0.29, 0.717) is 10.0 Å². The van der Waals surface area contributed by atoms with Gasteiger partial charge in [0.25, 0.3) is 0 Å². The van der Waals surface area contributed by atoms with Gasteiger partial charge in [0.05, 0.1) is 10.5 Å². The van der Waals surface area contributed by atoms with Crippen LogP contribution in [0.5, 0.6) is 0 Å². The number of benzene rings is 2. The quantitative estimate of drug-likeness (QED) is 0.574. The molecule has 0 unspecified atom stereocenters. The molecule has 2 nitrogen and oxygen atoms in total. The predicted octanol–water partition coefficient (Wildman–Crippen LogP) is 5.14. The zero-order chi connectivity index (χ0) is 12.7. The number of aromatic amines is 1. The van der Waals surface area contributed by atoms with Crippen molar-refractivity contribution in [2.75, 3.05) is 0 Å². The van der Waals surface area contributed by atoms with E-state index in [1.807, 2.05) is 24.3 Å². The topological polar surface area (TPSA) is 28.7 Å². The summed E-state index contributed by atoms with van der Waals surface area (Å²) in [6, 6.07) is 11.6. The summed E-state index contributed by atoms with van der Waals surface area (Å²) in [6.45, 7) is 0. The Kier molecular flexibility index (Phi) is 3.21. The van der Waals surface area contributed by atoms with Gasteiger partial charge in [-0.15, -0.1) is 0 Å². The Labute approximate surface area is 127 Å². The van der Waals surface area contributed by atoms with E-state index in [0.717, 1.165) is 26.0 Å².